The fourth-order valence-electron chi connectivity index (χ4n) is 5.29. The maximum atomic E-state index is 13.4. The number of hydroxylamine groups is 1. The Labute approximate surface area is 204 Å². The number of para-hydroxylation sites is 1. The molecule has 2 heterocycles. The van der Waals surface area contributed by atoms with E-state index in [4.69, 9.17) is 4.74 Å². The molecule has 8 nitrogen and oxygen atoms in total. The summed E-state index contributed by atoms with van der Waals surface area (Å²) in [6, 6.07) is 17.9. The predicted molar refractivity (Wildman–Crippen MR) is 132 cm³/mol. The lowest BCUT2D eigenvalue weighted by Crippen LogP contribution is -2.53. The summed E-state index contributed by atoms with van der Waals surface area (Å²) >= 11 is 0. The van der Waals surface area contributed by atoms with E-state index >= 15 is 0 Å². The van der Waals surface area contributed by atoms with Gasteiger partial charge in [0.05, 0.1) is 17.9 Å². The first-order valence-corrected chi connectivity index (χ1v) is 12.2. The summed E-state index contributed by atoms with van der Waals surface area (Å²) in [7, 11) is 0. The van der Waals surface area contributed by atoms with Crippen LogP contribution in [-0.2, 0) is 9.59 Å². The van der Waals surface area contributed by atoms with Crippen LogP contribution in [0.1, 0.15) is 19.3 Å². The number of anilines is 1. The first-order valence-electron chi connectivity index (χ1n) is 12.2. The number of hydrogen-bond donors (Lipinski definition) is 2. The van der Waals surface area contributed by atoms with Crippen molar-refractivity contribution in [2.45, 2.75) is 25.4 Å². The molecule has 1 saturated carbocycles. The zero-order valence-corrected chi connectivity index (χ0v) is 19.5. The third-order valence-corrected chi connectivity index (χ3v) is 7.19. The Bertz CT molecular complexity index is 1180. The average Bonchev–Trinajstić information content (AvgIpc) is 2.92. The Kier molecular flexibility index (Phi) is 6.81. The van der Waals surface area contributed by atoms with E-state index in [0.717, 1.165) is 29.5 Å². The fraction of sp³-hybridized carbons (Fsp3) is 0.370. The molecular formula is C27H30N4O4. The molecule has 0 bridgehead atoms. The minimum Gasteiger partial charge on any atom is -0.490 e. The van der Waals surface area contributed by atoms with Crippen molar-refractivity contribution in [3.63, 3.8) is 0 Å². The van der Waals surface area contributed by atoms with Gasteiger partial charge in [-0.15, -0.1) is 0 Å². The van der Waals surface area contributed by atoms with Gasteiger partial charge in [0.15, 0.2) is 0 Å². The quantitative estimate of drug-likeness (QED) is 0.436. The van der Waals surface area contributed by atoms with Crippen LogP contribution in [0, 0.1) is 11.8 Å². The molecule has 2 N–H and O–H groups in total. The van der Waals surface area contributed by atoms with Gasteiger partial charge in [-0.3, -0.25) is 19.8 Å². The van der Waals surface area contributed by atoms with Crippen molar-refractivity contribution in [1.82, 2.24) is 15.4 Å². The van der Waals surface area contributed by atoms with Crippen LogP contribution in [0.2, 0.25) is 0 Å². The van der Waals surface area contributed by atoms with Crippen molar-refractivity contribution in [3.05, 3.63) is 67.0 Å². The number of aromatic nitrogens is 1. The van der Waals surface area contributed by atoms with Crippen LogP contribution in [0.3, 0.4) is 0 Å². The summed E-state index contributed by atoms with van der Waals surface area (Å²) in [5, 5.41) is 11.4. The predicted octanol–water partition coefficient (Wildman–Crippen LogP) is 3.25. The molecule has 1 aromatic heterocycles. The number of benzene rings is 2. The number of ether oxygens (including phenoxy) is 1. The van der Waals surface area contributed by atoms with Gasteiger partial charge in [0.1, 0.15) is 5.75 Å². The summed E-state index contributed by atoms with van der Waals surface area (Å²) in [5.74, 6) is -0.934. The summed E-state index contributed by atoms with van der Waals surface area (Å²) in [4.78, 5) is 34.3. The largest absolute Gasteiger partial charge is 0.490 e. The van der Waals surface area contributed by atoms with Crippen molar-refractivity contribution in [2.24, 2.45) is 11.8 Å². The monoisotopic (exact) mass is 474 g/mol. The molecule has 1 aliphatic heterocycles. The van der Waals surface area contributed by atoms with Gasteiger partial charge < -0.3 is 14.5 Å². The van der Waals surface area contributed by atoms with Gasteiger partial charge in [0.2, 0.25) is 11.8 Å². The van der Waals surface area contributed by atoms with E-state index in [2.05, 4.69) is 22.0 Å². The van der Waals surface area contributed by atoms with Crippen molar-refractivity contribution >= 4 is 28.3 Å². The van der Waals surface area contributed by atoms with Crippen LogP contribution < -0.4 is 15.1 Å². The Balaban J connectivity index is 1.23. The van der Waals surface area contributed by atoms with E-state index in [9.17, 15) is 14.8 Å². The number of nitrogens with zero attached hydrogens (tertiary/aromatic N) is 3. The first-order chi connectivity index (χ1) is 17.1. The zero-order chi connectivity index (χ0) is 24.2. The number of amides is 2. The minimum absolute atomic E-state index is 0.0125. The fourth-order valence-corrected chi connectivity index (χ4v) is 5.29. The standard InChI is InChI=1S/C27H30N4O4/c32-26(29-34)25-17-23(35-22-7-6-19-10-11-28-18-20(19)16-22)8-9-24(25)27(33)31-14-12-30(13-15-31)21-4-2-1-3-5-21/h1-7,10-11,16,18,23-25,34H,8-9,12-15,17H2,(H,29,32). The molecule has 1 aliphatic carbocycles. The Hall–Kier alpha value is -3.65. The molecule has 2 fully saturated rings. The van der Waals surface area contributed by atoms with Gasteiger partial charge in [0.25, 0.3) is 0 Å². The van der Waals surface area contributed by atoms with E-state index in [1.54, 1.807) is 17.9 Å². The van der Waals surface area contributed by atoms with E-state index in [1.807, 2.05) is 47.4 Å². The van der Waals surface area contributed by atoms with Crippen LogP contribution in [-0.4, -0.2) is 59.2 Å². The molecule has 182 valence electrons. The molecule has 2 aromatic carbocycles. The molecule has 3 aromatic rings. The maximum absolute atomic E-state index is 13.4. The smallest absolute Gasteiger partial charge is 0.247 e. The number of nitrogens with one attached hydrogen (secondary N) is 1. The van der Waals surface area contributed by atoms with Crippen molar-refractivity contribution in [3.8, 4) is 5.75 Å². The number of fused-ring (bicyclic) bond motifs is 1. The Morgan fingerprint density at radius 1 is 0.943 bits per heavy atom. The molecule has 1 saturated heterocycles. The number of rotatable bonds is 5. The second kappa shape index (κ2) is 10.3. The third kappa shape index (κ3) is 5.07. The molecule has 3 unspecified atom stereocenters. The zero-order valence-electron chi connectivity index (χ0n) is 19.5. The molecule has 2 aliphatic rings. The normalized spacial score (nSPS) is 22.6. The molecule has 3 atom stereocenters. The van der Waals surface area contributed by atoms with Crippen LogP contribution in [0.5, 0.6) is 5.75 Å². The van der Waals surface area contributed by atoms with Crippen LogP contribution in [0.25, 0.3) is 10.8 Å². The lowest BCUT2D eigenvalue weighted by Gasteiger charge is -2.40. The second-order valence-corrected chi connectivity index (χ2v) is 9.27. The summed E-state index contributed by atoms with van der Waals surface area (Å²) in [5.41, 5.74) is 2.93. The lowest BCUT2D eigenvalue weighted by atomic mass is 9.76. The summed E-state index contributed by atoms with van der Waals surface area (Å²) < 4.78 is 6.20. The van der Waals surface area contributed by atoms with Crippen LogP contribution in [0.15, 0.2) is 67.0 Å². The topological polar surface area (TPSA) is 95.0 Å². The van der Waals surface area contributed by atoms with Gasteiger partial charge in [0, 0.05) is 49.6 Å². The SMILES string of the molecule is O=C(NO)C1CC(Oc2ccc3ccncc3c2)CCC1C(=O)N1CCN(c2ccccc2)CC1. The summed E-state index contributed by atoms with van der Waals surface area (Å²) in [6.07, 6.45) is 4.90. The summed E-state index contributed by atoms with van der Waals surface area (Å²) in [6.45, 7) is 2.73. The number of piperazine rings is 1. The number of carbonyl (C=O) groups is 2. The lowest BCUT2D eigenvalue weighted by molar-refractivity contribution is -0.148. The van der Waals surface area contributed by atoms with Gasteiger partial charge in [-0.05, 0) is 55.0 Å². The molecule has 8 heteroatoms. The average molecular weight is 475 g/mol. The number of hydrogen-bond acceptors (Lipinski definition) is 6. The molecule has 2 amide bonds. The Morgan fingerprint density at radius 3 is 2.51 bits per heavy atom. The van der Waals surface area contributed by atoms with Crippen LogP contribution in [0.4, 0.5) is 5.69 Å². The molecule has 0 radical (unpaired) electrons. The number of pyridine rings is 1. The second-order valence-electron chi connectivity index (χ2n) is 9.27. The third-order valence-electron chi connectivity index (χ3n) is 7.19. The highest BCUT2D eigenvalue weighted by Gasteiger charge is 2.42. The highest BCUT2D eigenvalue weighted by Crippen LogP contribution is 2.35. The van der Waals surface area contributed by atoms with E-state index < -0.39 is 17.7 Å². The Morgan fingerprint density at radius 2 is 1.74 bits per heavy atom. The molecule has 35 heavy (non-hydrogen) atoms. The van der Waals surface area contributed by atoms with E-state index in [-0.39, 0.29) is 12.0 Å². The van der Waals surface area contributed by atoms with Crippen molar-refractivity contribution in [2.75, 3.05) is 31.1 Å². The van der Waals surface area contributed by atoms with E-state index in [0.29, 0.717) is 38.1 Å². The number of carbonyl (C=O) groups excluding carboxylic acids is 2. The highest BCUT2D eigenvalue weighted by atomic mass is 16.5. The van der Waals surface area contributed by atoms with Crippen molar-refractivity contribution in [1.29, 1.82) is 0 Å². The van der Waals surface area contributed by atoms with Crippen molar-refractivity contribution < 1.29 is 19.5 Å². The molecule has 5 rings (SSSR count). The highest BCUT2D eigenvalue weighted by molar-refractivity contribution is 5.87. The van der Waals surface area contributed by atoms with Gasteiger partial charge >= 0.3 is 0 Å². The first kappa shape index (κ1) is 23.1. The van der Waals surface area contributed by atoms with Gasteiger partial charge in [-0.25, -0.2) is 5.48 Å². The van der Waals surface area contributed by atoms with E-state index in [1.165, 1.54) is 0 Å². The molecule has 0 spiro atoms. The minimum atomic E-state index is -0.638. The molecular weight excluding hydrogens is 444 g/mol. The van der Waals surface area contributed by atoms with Gasteiger partial charge in [-0.2, -0.15) is 0 Å². The maximum Gasteiger partial charge on any atom is 0.247 e. The van der Waals surface area contributed by atoms with Crippen LogP contribution >= 0.6 is 0 Å². The van der Waals surface area contributed by atoms with Gasteiger partial charge in [-0.1, -0.05) is 24.3 Å².